The van der Waals surface area contributed by atoms with E-state index in [0.717, 1.165) is 33.3 Å². The van der Waals surface area contributed by atoms with Crippen molar-refractivity contribution in [3.05, 3.63) is 107 Å². The fourth-order valence-corrected chi connectivity index (χ4v) is 5.46. The van der Waals surface area contributed by atoms with Crippen LogP contribution in [0.15, 0.2) is 84.9 Å². The fourth-order valence-electron chi connectivity index (χ4n) is 5.46. The van der Waals surface area contributed by atoms with Crippen molar-refractivity contribution in [3.63, 3.8) is 0 Å². The molecule has 1 amide bonds. The lowest BCUT2D eigenvalue weighted by Gasteiger charge is -2.34. The van der Waals surface area contributed by atoms with Crippen LogP contribution in [0.3, 0.4) is 0 Å². The molecule has 5 nitrogen and oxygen atoms in total. The third-order valence-electron chi connectivity index (χ3n) is 7.25. The molecule has 0 saturated heterocycles. The molecule has 1 aromatic heterocycles. The normalized spacial score (nSPS) is 16.0. The minimum atomic E-state index is -0.850. The predicted molar refractivity (Wildman–Crippen MR) is 137 cm³/mol. The van der Waals surface area contributed by atoms with Gasteiger partial charge in [-0.1, -0.05) is 78.9 Å². The molecule has 0 spiro atoms. The van der Waals surface area contributed by atoms with Crippen molar-refractivity contribution < 1.29 is 14.7 Å². The Bertz CT molecular complexity index is 1340. The zero-order chi connectivity index (χ0) is 24.4. The number of carbonyl (C=O) groups is 2. The average Bonchev–Trinajstić information content (AvgIpc) is 3.20. The summed E-state index contributed by atoms with van der Waals surface area (Å²) >= 11 is 0. The SMILES string of the molecule is C[C@@H](c1ccccc1)N(Cc1ccccc1)C(=O)C1CCc2c(c3ccccc3n2CC(=O)O)C1. The Kier molecular flexibility index (Phi) is 6.41. The second-order valence-corrected chi connectivity index (χ2v) is 9.40. The Labute approximate surface area is 205 Å². The van der Waals surface area contributed by atoms with E-state index in [1.54, 1.807) is 0 Å². The molecule has 178 valence electrons. The third kappa shape index (κ3) is 4.59. The van der Waals surface area contributed by atoms with Crippen LogP contribution < -0.4 is 0 Å². The van der Waals surface area contributed by atoms with Gasteiger partial charge in [0.15, 0.2) is 0 Å². The minimum absolute atomic E-state index is 0.0559. The highest BCUT2D eigenvalue weighted by molar-refractivity contribution is 5.89. The van der Waals surface area contributed by atoms with Crippen LogP contribution in [0, 0.1) is 5.92 Å². The molecular formula is C30H30N2O3. The molecule has 35 heavy (non-hydrogen) atoms. The summed E-state index contributed by atoms with van der Waals surface area (Å²) in [7, 11) is 0. The monoisotopic (exact) mass is 466 g/mol. The van der Waals surface area contributed by atoms with Crippen molar-refractivity contribution in [2.75, 3.05) is 0 Å². The quantitative estimate of drug-likeness (QED) is 0.384. The van der Waals surface area contributed by atoms with Crippen molar-refractivity contribution in [2.45, 2.75) is 45.3 Å². The van der Waals surface area contributed by atoms with E-state index >= 15 is 0 Å². The number of carbonyl (C=O) groups excluding carboxylic acids is 1. The van der Waals surface area contributed by atoms with E-state index in [1.807, 2.05) is 70.1 Å². The van der Waals surface area contributed by atoms with Crippen LogP contribution >= 0.6 is 0 Å². The van der Waals surface area contributed by atoms with Gasteiger partial charge in [0.1, 0.15) is 6.54 Å². The van der Waals surface area contributed by atoms with Crippen molar-refractivity contribution in [1.82, 2.24) is 9.47 Å². The number of benzene rings is 3. The summed E-state index contributed by atoms with van der Waals surface area (Å²) in [5.41, 5.74) is 5.35. The number of fused-ring (bicyclic) bond motifs is 3. The third-order valence-corrected chi connectivity index (χ3v) is 7.25. The van der Waals surface area contributed by atoms with Gasteiger partial charge in [-0.05, 0) is 48.9 Å². The summed E-state index contributed by atoms with van der Waals surface area (Å²) in [6.45, 7) is 2.60. The van der Waals surface area contributed by atoms with Crippen LogP contribution in [0.1, 0.15) is 41.8 Å². The zero-order valence-electron chi connectivity index (χ0n) is 19.9. The van der Waals surface area contributed by atoms with E-state index in [1.165, 1.54) is 0 Å². The maximum atomic E-state index is 14.1. The summed E-state index contributed by atoms with van der Waals surface area (Å²) in [5, 5.41) is 10.5. The zero-order valence-corrected chi connectivity index (χ0v) is 19.9. The molecule has 2 atom stereocenters. The number of para-hydroxylation sites is 1. The molecule has 3 aromatic carbocycles. The van der Waals surface area contributed by atoms with E-state index in [4.69, 9.17) is 0 Å². The van der Waals surface area contributed by atoms with Crippen molar-refractivity contribution in [3.8, 4) is 0 Å². The number of carboxylic acids is 1. The van der Waals surface area contributed by atoms with Gasteiger partial charge in [-0.3, -0.25) is 9.59 Å². The molecule has 0 saturated carbocycles. The van der Waals surface area contributed by atoms with Crippen molar-refractivity contribution in [2.24, 2.45) is 5.92 Å². The lowest BCUT2D eigenvalue weighted by molar-refractivity contribution is -0.139. The van der Waals surface area contributed by atoms with Gasteiger partial charge in [-0.25, -0.2) is 0 Å². The highest BCUT2D eigenvalue weighted by atomic mass is 16.4. The first-order valence-corrected chi connectivity index (χ1v) is 12.2. The number of amides is 1. The first-order valence-electron chi connectivity index (χ1n) is 12.2. The van der Waals surface area contributed by atoms with Gasteiger partial charge in [0, 0.05) is 29.1 Å². The molecule has 1 heterocycles. The van der Waals surface area contributed by atoms with Crippen LogP contribution in [0.4, 0.5) is 0 Å². The van der Waals surface area contributed by atoms with Crippen LogP contribution in [0.5, 0.6) is 0 Å². The van der Waals surface area contributed by atoms with Crippen LogP contribution in [-0.2, 0) is 35.5 Å². The van der Waals surface area contributed by atoms with Gasteiger partial charge < -0.3 is 14.6 Å². The molecule has 1 aliphatic rings. The molecule has 1 N–H and O–H groups in total. The van der Waals surface area contributed by atoms with Gasteiger partial charge in [0.05, 0.1) is 6.04 Å². The molecular weight excluding hydrogens is 436 g/mol. The summed E-state index contributed by atoms with van der Waals surface area (Å²) < 4.78 is 1.92. The van der Waals surface area contributed by atoms with Crippen molar-refractivity contribution >= 4 is 22.8 Å². The topological polar surface area (TPSA) is 62.5 Å². The molecule has 4 aromatic rings. The number of hydrogen-bond acceptors (Lipinski definition) is 2. The van der Waals surface area contributed by atoms with E-state index < -0.39 is 5.97 Å². The highest BCUT2D eigenvalue weighted by Crippen LogP contribution is 2.36. The molecule has 5 rings (SSSR count). The van der Waals surface area contributed by atoms with Gasteiger partial charge in [0.2, 0.25) is 5.91 Å². The lowest BCUT2D eigenvalue weighted by Crippen LogP contribution is -2.39. The van der Waals surface area contributed by atoms with Gasteiger partial charge in [0.25, 0.3) is 0 Å². The van der Waals surface area contributed by atoms with E-state index in [-0.39, 0.29) is 24.4 Å². The van der Waals surface area contributed by atoms with Crippen molar-refractivity contribution in [1.29, 1.82) is 0 Å². The minimum Gasteiger partial charge on any atom is -0.480 e. The van der Waals surface area contributed by atoms with Crippen LogP contribution in [0.2, 0.25) is 0 Å². The maximum Gasteiger partial charge on any atom is 0.323 e. The smallest absolute Gasteiger partial charge is 0.323 e. The summed E-state index contributed by atoms with van der Waals surface area (Å²) in [6, 6.07) is 28.2. The Hall–Kier alpha value is -3.86. The first kappa shape index (κ1) is 22.9. The predicted octanol–water partition coefficient (Wildman–Crippen LogP) is 5.62. The fraction of sp³-hybridized carbons (Fsp3) is 0.267. The van der Waals surface area contributed by atoms with Crippen LogP contribution in [0.25, 0.3) is 10.9 Å². The standard InChI is InChI=1S/C30H30N2O3/c1-21(23-12-6-3-7-13-23)31(19-22-10-4-2-5-11-22)30(35)24-16-17-28-26(18-24)25-14-8-9-15-27(25)32(28)20-29(33)34/h2-15,21,24H,16-20H2,1H3,(H,33,34)/t21-,24?/m0/s1. The number of nitrogens with zero attached hydrogens (tertiary/aromatic N) is 2. The molecule has 0 radical (unpaired) electrons. The van der Waals surface area contributed by atoms with Gasteiger partial charge in [-0.15, -0.1) is 0 Å². The molecule has 0 fully saturated rings. The molecule has 0 aliphatic heterocycles. The van der Waals surface area contributed by atoms with E-state index in [9.17, 15) is 14.7 Å². The molecule has 0 bridgehead atoms. The van der Waals surface area contributed by atoms with Crippen LogP contribution in [-0.4, -0.2) is 26.5 Å². The Morgan fingerprint density at radius 3 is 2.34 bits per heavy atom. The number of aromatic nitrogens is 1. The lowest BCUT2D eigenvalue weighted by atomic mass is 9.84. The molecule has 1 unspecified atom stereocenters. The highest BCUT2D eigenvalue weighted by Gasteiger charge is 2.34. The van der Waals surface area contributed by atoms with E-state index in [2.05, 4.69) is 31.2 Å². The Morgan fingerprint density at radius 1 is 0.971 bits per heavy atom. The maximum absolute atomic E-state index is 14.1. The number of hydrogen-bond donors (Lipinski definition) is 1. The largest absolute Gasteiger partial charge is 0.480 e. The molecule has 5 heteroatoms. The average molecular weight is 467 g/mol. The second kappa shape index (κ2) is 9.79. The van der Waals surface area contributed by atoms with Gasteiger partial charge in [-0.2, -0.15) is 0 Å². The number of rotatable bonds is 7. The second-order valence-electron chi connectivity index (χ2n) is 9.40. The Morgan fingerprint density at radius 2 is 1.63 bits per heavy atom. The molecule has 1 aliphatic carbocycles. The Balaban J connectivity index is 1.48. The number of carboxylic acid groups (broad SMARTS) is 1. The summed E-state index contributed by atoms with van der Waals surface area (Å²) in [5.74, 6) is -0.829. The summed E-state index contributed by atoms with van der Waals surface area (Å²) in [4.78, 5) is 27.6. The van der Waals surface area contributed by atoms with E-state index in [0.29, 0.717) is 25.8 Å². The first-order chi connectivity index (χ1) is 17.0. The number of aliphatic carboxylic acids is 1. The summed E-state index contributed by atoms with van der Waals surface area (Å²) in [6.07, 6.45) is 2.05. The van der Waals surface area contributed by atoms with Gasteiger partial charge >= 0.3 is 5.97 Å².